The predicted octanol–water partition coefficient (Wildman–Crippen LogP) is 0.663. The molecule has 0 spiro atoms. The molecule has 21 heavy (non-hydrogen) atoms. The molecule has 1 N–H and O–H groups in total. The molecular weight excluding hydrogens is 272 g/mol. The van der Waals surface area contributed by atoms with Gasteiger partial charge in [0.15, 0.2) is 0 Å². The fourth-order valence-corrected chi connectivity index (χ4v) is 3.39. The molecule has 2 aliphatic heterocycles. The minimum absolute atomic E-state index is 0.0431. The van der Waals surface area contributed by atoms with Crippen LogP contribution >= 0.6 is 0 Å². The molecule has 0 saturated carbocycles. The van der Waals surface area contributed by atoms with E-state index in [2.05, 4.69) is 6.92 Å². The Labute approximate surface area is 126 Å². The average molecular weight is 298 g/mol. The lowest BCUT2D eigenvalue weighted by Gasteiger charge is -2.38. The first-order valence-corrected chi connectivity index (χ1v) is 7.74. The lowest BCUT2D eigenvalue weighted by Crippen LogP contribution is -2.55. The zero-order chi connectivity index (χ0) is 15.7. The van der Waals surface area contributed by atoms with Crippen LogP contribution in [0.15, 0.2) is 0 Å². The largest absolute Gasteiger partial charge is 0.480 e. The second-order valence-corrected chi connectivity index (χ2v) is 6.31. The third-order valence-electron chi connectivity index (χ3n) is 5.06. The summed E-state index contributed by atoms with van der Waals surface area (Å²) in [5, 5.41) is 9.04. The van der Waals surface area contributed by atoms with E-state index in [0.717, 1.165) is 0 Å². The Hall–Kier alpha value is -1.14. The van der Waals surface area contributed by atoms with E-state index in [1.165, 1.54) is 0 Å². The van der Waals surface area contributed by atoms with Gasteiger partial charge in [0.05, 0.1) is 18.1 Å². The first-order valence-electron chi connectivity index (χ1n) is 7.74. The summed E-state index contributed by atoms with van der Waals surface area (Å²) < 4.78 is 5.75. The van der Waals surface area contributed by atoms with Crippen LogP contribution in [-0.4, -0.2) is 71.2 Å². The van der Waals surface area contributed by atoms with Gasteiger partial charge in [-0.05, 0) is 26.7 Å². The normalized spacial score (nSPS) is 35.7. The zero-order valence-corrected chi connectivity index (χ0v) is 13.3. The summed E-state index contributed by atoms with van der Waals surface area (Å²) in [7, 11) is 0. The Morgan fingerprint density at radius 1 is 1.10 bits per heavy atom. The Morgan fingerprint density at radius 3 is 2.10 bits per heavy atom. The van der Waals surface area contributed by atoms with Crippen molar-refractivity contribution in [1.29, 1.82) is 0 Å². The van der Waals surface area contributed by atoms with Gasteiger partial charge in [-0.25, -0.2) is 0 Å². The lowest BCUT2D eigenvalue weighted by atomic mass is 9.88. The van der Waals surface area contributed by atoms with Crippen LogP contribution < -0.4 is 0 Å². The Kier molecular flexibility index (Phi) is 4.88. The zero-order valence-electron chi connectivity index (χ0n) is 13.3. The smallest absolute Gasteiger partial charge is 0.320 e. The van der Waals surface area contributed by atoms with Gasteiger partial charge in [-0.2, -0.15) is 0 Å². The fraction of sp³-hybridized carbons (Fsp3) is 0.867. The molecule has 2 heterocycles. The minimum Gasteiger partial charge on any atom is -0.480 e. The van der Waals surface area contributed by atoms with Crippen LogP contribution in [0.4, 0.5) is 0 Å². The summed E-state index contributed by atoms with van der Waals surface area (Å²) in [4.78, 5) is 27.5. The molecule has 5 atom stereocenters. The molecule has 120 valence electrons. The highest BCUT2D eigenvalue weighted by Gasteiger charge is 2.43. The number of carbonyl (C=O) groups is 2. The van der Waals surface area contributed by atoms with Crippen LogP contribution in [0.3, 0.4) is 0 Å². The first kappa shape index (κ1) is 16.2. The fourth-order valence-electron chi connectivity index (χ4n) is 3.39. The molecule has 0 aromatic rings. The summed E-state index contributed by atoms with van der Waals surface area (Å²) in [6, 6.07) is -0.491. The maximum Gasteiger partial charge on any atom is 0.320 e. The van der Waals surface area contributed by atoms with E-state index in [0.29, 0.717) is 26.2 Å². The van der Waals surface area contributed by atoms with Crippen molar-refractivity contribution in [2.45, 2.75) is 45.9 Å². The summed E-state index contributed by atoms with van der Waals surface area (Å²) >= 11 is 0. The number of carboxylic acid groups (broad SMARTS) is 1. The number of ether oxygens (including phenoxy) is 1. The molecule has 0 aromatic carbocycles. The highest BCUT2D eigenvalue weighted by molar-refractivity contribution is 5.80. The maximum atomic E-state index is 12.7. The summed E-state index contributed by atoms with van der Waals surface area (Å²) in [6.07, 6.45) is 0.0701. The second kappa shape index (κ2) is 6.32. The standard InChI is InChI=1S/C15H26N2O4/c1-9-11(3)21-12(4)13(9)14(18)17-7-5-16(6-8-17)10(2)15(19)20/h9-13H,5-8H2,1-4H3,(H,19,20). The van der Waals surface area contributed by atoms with Crippen LogP contribution in [-0.2, 0) is 14.3 Å². The van der Waals surface area contributed by atoms with Gasteiger partial charge in [0.1, 0.15) is 6.04 Å². The molecule has 0 aromatic heterocycles. The molecular formula is C15H26N2O4. The topological polar surface area (TPSA) is 70.1 Å². The van der Waals surface area contributed by atoms with E-state index < -0.39 is 12.0 Å². The molecule has 6 nitrogen and oxygen atoms in total. The Balaban J connectivity index is 1.93. The molecule has 0 bridgehead atoms. The van der Waals surface area contributed by atoms with Gasteiger partial charge in [-0.15, -0.1) is 0 Å². The van der Waals surface area contributed by atoms with Crippen LogP contribution in [0.5, 0.6) is 0 Å². The van der Waals surface area contributed by atoms with Crippen molar-refractivity contribution in [2.24, 2.45) is 11.8 Å². The molecule has 0 aliphatic carbocycles. The van der Waals surface area contributed by atoms with Crippen LogP contribution in [0.2, 0.25) is 0 Å². The summed E-state index contributed by atoms with van der Waals surface area (Å²) in [6.45, 7) is 10.2. The van der Waals surface area contributed by atoms with E-state index in [9.17, 15) is 9.59 Å². The SMILES string of the molecule is CC1OC(C)C(C(=O)N2CCN(C(C)C(=O)O)CC2)C1C. The number of carboxylic acids is 1. The van der Waals surface area contributed by atoms with Crippen LogP contribution in [0.1, 0.15) is 27.7 Å². The number of carbonyl (C=O) groups excluding carboxylic acids is 1. The van der Waals surface area contributed by atoms with Crippen molar-refractivity contribution in [3.8, 4) is 0 Å². The quantitative estimate of drug-likeness (QED) is 0.829. The highest BCUT2D eigenvalue weighted by atomic mass is 16.5. The van der Waals surface area contributed by atoms with E-state index in [4.69, 9.17) is 9.84 Å². The monoisotopic (exact) mass is 298 g/mol. The minimum atomic E-state index is -0.810. The second-order valence-electron chi connectivity index (χ2n) is 6.31. The van der Waals surface area contributed by atoms with Crippen LogP contribution in [0, 0.1) is 11.8 Å². The number of rotatable bonds is 3. The van der Waals surface area contributed by atoms with E-state index in [1.807, 2.05) is 23.6 Å². The number of aliphatic carboxylic acids is 1. The van der Waals surface area contributed by atoms with Gasteiger partial charge < -0.3 is 14.7 Å². The van der Waals surface area contributed by atoms with Gasteiger partial charge in [0.2, 0.25) is 5.91 Å². The van der Waals surface area contributed by atoms with Crippen molar-refractivity contribution in [3.05, 3.63) is 0 Å². The summed E-state index contributed by atoms with van der Waals surface area (Å²) in [5.74, 6) is -0.510. The van der Waals surface area contributed by atoms with Gasteiger partial charge >= 0.3 is 5.97 Å². The molecule has 2 aliphatic rings. The number of piperazine rings is 1. The van der Waals surface area contributed by atoms with Gasteiger partial charge in [0.25, 0.3) is 0 Å². The molecule has 2 rings (SSSR count). The third-order valence-corrected chi connectivity index (χ3v) is 5.06. The molecule has 5 unspecified atom stereocenters. The van der Waals surface area contributed by atoms with Gasteiger partial charge in [-0.1, -0.05) is 6.92 Å². The molecule has 2 fully saturated rings. The van der Waals surface area contributed by atoms with Crippen molar-refractivity contribution < 1.29 is 19.4 Å². The van der Waals surface area contributed by atoms with Gasteiger partial charge in [-0.3, -0.25) is 14.5 Å². The van der Waals surface area contributed by atoms with Crippen molar-refractivity contribution in [3.63, 3.8) is 0 Å². The molecule has 2 saturated heterocycles. The molecule has 0 radical (unpaired) electrons. The van der Waals surface area contributed by atoms with E-state index >= 15 is 0 Å². The first-order chi connectivity index (χ1) is 9.82. The lowest BCUT2D eigenvalue weighted by molar-refractivity contribution is -0.145. The molecule has 1 amide bonds. The number of hydrogen-bond acceptors (Lipinski definition) is 4. The highest BCUT2D eigenvalue weighted by Crippen LogP contribution is 2.33. The van der Waals surface area contributed by atoms with E-state index in [-0.39, 0.29) is 30.0 Å². The Bertz CT molecular complexity index is 406. The van der Waals surface area contributed by atoms with Crippen molar-refractivity contribution >= 4 is 11.9 Å². The molecule has 6 heteroatoms. The van der Waals surface area contributed by atoms with Crippen molar-refractivity contribution in [2.75, 3.05) is 26.2 Å². The number of nitrogens with zero attached hydrogens (tertiary/aromatic N) is 2. The number of hydrogen-bond donors (Lipinski definition) is 1. The third kappa shape index (κ3) is 3.21. The maximum absolute atomic E-state index is 12.7. The van der Waals surface area contributed by atoms with Crippen LogP contribution in [0.25, 0.3) is 0 Å². The van der Waals surface area contributed by atoms with Crippen molar-refractivity contribution in [1.82, 2.24) is 9.80 Å². The average Bonchev–Trinajstić information content (AvgIpc) is 2.70. The Morgan fingerprint density at radius 2 is 1.67 bits per heavy atom. The van der Waals surface area contributed by atoms with Gasteiger partial charge in [0, 0.05) is 26.2 Å². The number of amides is 1. The summed E-state index contributed by atoms with van der Waals surface area (Å²) in [5.41, 5.74) is 0. The van der Waals surface area contributed by atoms with E-state index in [1.54, 1.807) is 6.92 Å². The predicted molar refractivity (Wildman–Crippen MR) is 77.9 cm³/mol.